The van der Waals surface area contributed by atoms with E-state index < -0.39 is 4.92 Å². The number of nitro benzene ring substituents is 1. The number of carbonyl (C=O) groups excluding carboxylic acids is 1. The number of anilines is 1. The third-order valence-electron chi connectivity index (χ3n) is 1.79. The Labute approximate surface area is 86.2 Å². The van der Waals surface area contributed by atoms with Crippen LogP contribution in [0.1, 0.15) is 6.92 Å². The van der Waals surface area contributed by atoms with Crippen molar-refractivity contribution in [2.45, 2.75) is 13.0 Å². The molecule has 0 heterocycles. The fourth-order valence-corrected chi connectivity index (χ4v) is 0.932. The topological polar surface area (TPSA) is 99.9 Å². The van der Waals surface area contributed by atoms with Crippen LogP contribution in [0.3, 0.4) is 0 Å². The maximum absolute atomic E-state index is 11.2. The summed E-state index contributed by atoms with van der Waals surface area (Å²) in [7, 11) is 0. The average molecular weight is 210 g/mol. The monoisotopic (exact) mass is 210 g/mol. The van der Waals surface area contributed by atoms with E-state index in [0.717, 1.165) is 0 Å². The predicted octanol–water partition coefficient (Wildman–Crippen LogP) is 0.164. The van der Waals surface area contributed by atoms with Gasteiger partial charge in [-0.3, -0.25) is 14.9 Å². The molecule has 0 aliphatic heterocycles. The summed E-state index contributed by atoms with van der Waals surface area (Å²) in [5.74, 6) is -0.219. The Bertz CT molecular complexity index is 373. The van der Waals surface area contributed by atoms with Crippen LogP contribution in [0.5, 0.6) is 0 Å². The van der Waals surface area contributed by atoms with Crippen molar-refractivity contribution in [2.75, 3.05) is 5.32 Å². The van der Waals surface area contributed by atoms with Gasteiger partial charge in [0.1, 0.15) is 0 Å². The second-order valence-corrected chi connectivity index (χ2v) is 3.19. The third kappa shape index (κ3) is 3.03. The lowest BCUT2D eigenvalue weighted by atomic mass is 10.2. The summed E-state index contributed by atoms with van der Waals surface area (Å²) in [4.78, 5) is 21.1. The molecule has 1 rings (SSSR count). The van der Waals surface area contributed by atoms with Crippen molar-refractivity contribution in [3.8, 4) is 0 Å². The molecular weight excluding hydrogens is 198 g/mol. The van der Waals surface area contributed by atoms with Gasteiger partial charge in [-0.2, -0.15) is 0 Å². The van der Waals surface area contributed by atoms with Crippen LogP contribution in [0.2, 0.25) is 0 Å². The van der Waals surface area contributed by atoms with E-state index in [1.807, 2.05) is 0 Å². The van der Waals surface area contributed by atoms with Gasteiger partial charge in [-0.25, -0.2) is 0 Å². The first kappa shape index (κ1) is 11.1. The Hall–Kier alpha value is -1.95. The van der Waals surface area contributed by atoms with Crippen LogP contribution in [0, 0.1) is 10.1 Å². The summed E-state index contributed by atoms with van der Waals surface area (Å²) >= 11 is 0. The number of rotatable bonds is 3. The van der Waals surface area contributed by atoms with Crippen LogP contribution in [-0.2, 0) is 4.79 Å². The first-order valence-corrected chi connectivity index (χ1v) is 4.39. The molecule has 1 aromatic carbocycles. The summed E-state index contributed by atoms with van der Waals surface area (Å²) in [6.07, 6.45) is 0. The minimum atomic E-state index is -0.490. The highest BCUT2D eigenvalue weighted by atomic mass is 16.6. The lowest BCUT2D eigenvalue weighted by molar-refractivity contribution is -0.396. The highest BCUT2D eigenvalue weighted by Gasteiger charge is 2.11. The quantitative estimate of drug-likeness (QED) is 0.549. The van der Waals surface area contributed by atoms with E-state index in [0.29, 0.717) is 5.69 Å². The van der Waals surface area contributed by atoms with E-state index in [9.17, 15) is 14.9 Å². The summed E-state index contributed by atoms with van der Waals surface area (Å²) < 4.78 is 0. The molecule has 1 amide bonds. The molecule has 6 nitrogen and oxygen atoms in total. The second kappa shape index (κ2) is 4.52. The molecule has 0 fully saturated rings. The number of non-ortho nitro benzene ring substituents is 1. The lowest BCUT2D eigenvalue weighted by Gasteiger charge is -2.04. The maximum atomic E-state index is 11.2. The van der Waals surface area contributed by atoms with Gasteiger partial charge in [0.15, 0.2) is 6.04 Å². The van der Waals surface area contributed by atoms with Gasteiger partial charge in [0, 0.05) is 17.8 Å². The van der Waals surface area contributed by atoms with E-state index in [-0.39, 0.29) is 17.6 Å². The number of nitrogens with one attached hydrogen (secondary N) is 1. The molecule has 4 N–H and O–H groups in total. The Balaban J connectivity index is 2.73. The van der Waals surface area contributed by atoms with Crippen LogP contribution in [-0.4, -0.2) is 16.9 Å². The fourth-order valence-electron chi connectivity index (χ4n) is 0.932. The minimum Gasteiger partial charge on any atom is -0.348 e. The first-order valence-electron chi connectivity index (χ1n) is 4.39. The Morgan fingerprint density at radius 2 is 2.00 bits per heavy atom. The van der Waals surface area contributed by atoms with Gasteiger partial charge in [0.25, 0.3) is 11.6 Å². The summed E-state index contributed by atoms with van der Waals surface area (Å²) in [6, 6.07) is 5.28. The van der Waals surface area contributed by atoms with Crippen LogP contribution in [0.15, 0.2) is 24.3 Å². The molecule has 0 spiro atoms. The van der Waals surface area contributed by atoms with E-state index >= 15 is 0 Å². The number of amides is 1. The number of carbonyl (C=O) groups is 1. The van der Waals surface area contributed by atoms with Gasteiger partial charge in [-0.05, 0) is 19.1 Å². The average Bonchev–Trinajstić information content (AvgIpc) is 2.18. The lowest BCUT2D eigenvalue weighted by Crippen LogP contribution is -2.64. The molecule has 0 saturated heterocycles. The minimum absolute atomic E-state index is 0.00401. The van der Waals surface area contributed by atoms with Crippen molar-refractivity contribution >= 4 is 17.3 Å². The summed E-state index contributed by atoms with van der Waals surface area (Å²) in [5, 5.41) is 12.9. The van der Waals surface area contributed by atoms with Crippen molar-refractivity contribution in [1.82, 2.24) is 0 Å². The van der Waals surface area contributed by atoms with Gasteiger partial charge in [0.05, 0.1) is 4.92 Å². The number of hydrogen-bond acceptors (Lipinski definition) is 3. The Kier molecular flexibility index (Phi) is 3.35. The van der Waals surface area contributed by atoms with Crippen LogP contribution in [0.25, 0.3) is 0 Å². The summed E-state index contributed by atoms with van der Waals surface area (Å²) in [5.41, 5.74) is 4.08. The highest BCUT2D eigenvalue weighted by Crippen LogP contribution is 2.15. The largest absolute Gasteiger partial charge is 0.348 e. The molecule has 6 heteroatoms. The smallest absolute Gasteiger partial charge is 0.282 e. The van der Waals surface area contributed by atoms with Gasteiger partial charge >= 0.3 is 0 Å². The molecule has 0 aliphatic carbocycles. The standard InChI is InChI=1S/C9H11N3O3/c1-6(10)9(13)11-7-2-4-8(5-3-7)12(14)15/h2-6H,10H2,1H3,(H,11,13)/p+1/t6-/m0/s1. The van der Waals surface area contributed by atoms with E-state index in [1.165, 1.54) is 24.3 Å². The molecule has 0 aromatic heterocycles. The van der Waals surface area contributed by atoms with Gasteiger partial charge in [-0.1, -0.05) is 0 Å². The predicted molar refractivity (Wildman–Crippen MR) is 54.1 cm³/mol. The maximum Gasteiger partial charge on any atom is 0.282 e. The van der Waals surface area contributed by atoms with Crippen molar-refractivity contribution in [3.05, 3.63) is 34.4 Å². The zero-order valence-corrected chi connectivity index (χ0v) is 8.27. The van der Waals surface area contributed by atoms with Crippen molar-refractivity contribution in [2.24, 2.45) is 0 Å². The molecule has 0 saturated carbocycles. The molecule has 0 radical (unpaired) electrons. The molecule has 1 atom stereocenters. The summed E-state index contributed by atoms with van der Waals surface area (Å²) in [6.45, 7) is 1.67. The Morgan fingerprint density at radius 1 is 1.47 bits per heavy atom. The molecule has 0 unspecified atom stereocenters. The second-order valence-electron chi connectivity index (χ2n) is 3.19. The fraction of sp³-hybridized carbons (Fsp3) is 0.222. The van der Waals surface area contributed by atoms with Crippen molar-refractivity contribution < 1.29 is 15.5 Å². The van der Waals surface area contributed by atoms with E-state index in [4.69, 9.17) is 0 Å². The van der Waals surface area contributed by atoms with Crippen molar-refractivity contribution in [3.63, 3.8) is 0 Å². The van der Waals surface area contributed by atoms with Gasteiger partial charge in [-0.15, -0.1) is 0 Å². The molecular formula is C9H12N3O3+. The van der Waals surface area contributed by atoms with Gasteiger partial charge < -0.3 is 11.1 Å². The third-order valence-corrected chi connectivity index (χ3v) is 1.79. The highest BCUT2D eigenvalue weighted by molar-refractivity contribution is 5.93. The van der Waals surface area contributed by atoms with Crippen LogP contribution < -0.4 is 11.1 Å². The number of hydrogen-bond donors (Lipinski definition) is 2. The van der Waals surface area contributed by atoms with Crippen molar-refractivity contribution in [1.29, 1.82) is 0 Å². The zero-order valence-electron chi connectivity index (χ0n) is 8.27. The van der Waals surface area contributed by atoms with E-state index in [1.54, 1.807) is 6.92 Å². The van der Waals surface area contributed by atoms with Crippen LogP contribution >= 0.6 is 0 Å². The molecule has 1 aromatic rings. The normalized spacial score (nSPS) is 11.9. The number of nitro groups is 1. The Morgan fingerprint density at radius 3 is 2.40 bits per heavy atom. The van der Waals surface area contributed by atoms with Gasteiger partial charge in [0.2, 0.25) is 0 Å². The molecule has 80 valence electrons. The number of quaternary nitrogens is 1. The SMILES string of the molecule is C[C@H]([NH3+])C(=O)Nc1ccc([N+](=O)[O-])cc1. The number of benzene rings is 1. The zero-order chi connectivity index (χ0) is 11.4. The molecule has 15 heavy (non-hydrogen) atoms. The molecule has 0 aliphatic rings. The molecule has 0 bridgehead atoms. The first-order chi connectivity index (χ1) is 7.00. The van der Waals surface area contributed by atoms with Crippen LogP contribution in [0.4, 0.5) is 11.4 Å². The van der Waals surface area contributed by atoms with E-state index in [2.05, 4.69) is 11.1 Å². The number of nitrogens with zero attached hydrogens (tertiary/aromatic N) is 1.